The van der Waals surface area contributed by atoms with Gasteiger partial charge in [0, 0.05) is 35.1 Å². The van der Waals surface area contributed by atoms with Crippen LogP contribution in [0.3, 0.4) is 0 Å². The molecule has 0 bridgehead atoms. The summed E-state index contributed by atoms with van der Waals surface area (Å²) in [5.41, 5.74) is 2.88. The number of aryl methyl sites for hydroxylation is 1. The summed E-state index contributed by atoms with van der Waals surface area (Å²) >= 11 is 6.09. The van der Waals surface area contributed by atoms with Crippen LogP contribution in [-0.4, -0.2) is 35.6 Å². The number of aliphatic hydroxyl groups is 2. The van der Waals surface area contributed by atoms with E-state index in [0.717, 1.165) is 17.4 Å². The number of allylic oxidation sites excluding steroid dienone is 1. The van der Waals surface area contributed by atoms with Gasteiger partial charge in [0.2, 0.25) is 5.95 Å². The molecule has 0 atom stereocenters. The number of aromatic nitrogens is 4. The number of halogens is 1. The molecule has 1 aromatic carbocycles. The Kier molecular flexibility index (Phi) is 7.22. The summed E-state index contributed by atoms with van der Waals surface area (Å²) in [7, 11) is 0. The van der Waals surface area contributed by atoms with Crippen molar-refractivity contribution in [2.45, 2.75) is 33.4 Å². The molecule has 9 nitrogen and oxygen atoms in total. The van der Waals surface area contributed by atoms with E-state index in [1.54, 1.807) is 35.2 Å². The molecule has 0 aliphatic rings. The Labute approximate surface area is 184 Å². The zero-order chi connectivity index (χ0) is 22.4. The van der Waals surface area contributed by atoms with Crippen LogP contribution in [0, 0.1) is 6.92 Å². The lowest BCUT2D eigenvalue weighted by Gasteiger charge is -2.10. The molecule has 3 rings (SSSR count). The van der Waals surface area contributed by atoms with Crippen LogP contribution in [0.4, 0.5) is 5.95 Å². The van der Waals surface area contributed by atoms with Crippen molar-refractivity contribution in [3.63, 3.8) is 0 Å². The van der Waals surface area contributed by atoms with Crippen LogP contribution in [0.25, 0.3) is 5.82 Å². The van der Waals surface area contributed by atoms with Crippen LogP contribution in [0.5, 0.6) is 0 Å². The van der Waals surface area contributed by atoms with E-state index < -0.39 is 0 Å². The molecule has 0 aliphatic heterocycles. The van der Waals surface area contributed by atoms with Crippen LogP contribution in [0.15, 0.2) is 48.9 Å². The summed E-state index contributed by atoms with van der Waals surface area (Å²) in [5, 5.41) is 24.9. The lowest BCUT2D eigenvalue weighted by molar-refractivity contribution is 0.0946. The Bertz CT molecular complexity index is 1110. The number of aliphatic hydroxyl groups excluding tert-OH is 2. The number of nitrogens with zero attached hydrogens (tertiary/aromatic N) is 4. The molecule has 0 aliphatic carbocycles. The lowest BCUT2D eigenvalue weighted by atomic mass is 10.1. The van der Waals surface area contributed by atoms with Gasteiger partial charge in [0.25, 0.3) is 5.91 Å². The highest BCUT2D eigenvalue weighted by Gasteiger charge is 2.14. The monoisotopic (exact) mass is 442 g/mol. The lowest BCUT2D eigenvalue weighted by Crippen LogP contribution is -2.23. The maximum Gasteiger partial charge on any atom is 0.271 e. The number of anilines is 1. The molecule has 31 heavy (non-hydrogen) atoms. The van der Waals surface area contributed by atoms with E-state index in [1.165, 1.54) is 6.33 Å². The second-order valence-corrected chi connectivity index (χ2v) is 7.12. The Balaban J connectivity index is 1.75. The maximum absolute atomic E-state index is 12.6. The Hall–Kier alpha value is -3.43. The first kappa shape index (κ1) is 22.3. The van der Waals surface area contributed by atoms with Gasteiger partial charge in [-0.1, -0.05) is 30.7 Å². The van der Waals surface area contributed by atoms with E-state index in [0.29, 0.717) is 34.5 Å². The van der Waals surface area contributed by atoms with Gasteiger partial charge in [-0.3, -0.25) is 9.36 Å². The van der Waals surface area contributed by atoms with Crippen molar-refractivity contribution in [1.82, 2.24) is 24.8 Å². The van der Waals surface area contributed by atoms with Gasteiger partial charge in [0.05, 0.1) is 18.6 Å². The first-order valence-corrected chi connectivity index (χ1v) is 9.98. The fraction of sp³-hybridized carbons (Fsp3) is 0.238. The second-order valence-electron chi connectivity index (χ2n) is 6.72. The van der Waals surface area contributed by atoms with E-state index in [2.05, 4.69) is 25.6 Å². The highest BCUT2D eigenvalue weighted by Crippen LogP contribution is 2.20. The average molecular weight is 443 g/mol. The third-order valence-electron chi connectivity index (χ3n) is 4.63. The van der Waals surface area contributed by atoms with Gasteiger partial charge in [-0.25, -0.2) is 9.97 Å². The quantitative estimate of drug-likeness (QED) is 0.394. The van der Waals surface area contributed by atoms with Crippen molar-refractivity contribution >= 4 is 23.5 Å². The fourth-order valence-electron chi connectivity index (χ4n) is 2.88. The number of rotatable bonds is 8. The SMILES string of the molecule is CC/C(=C\O)Nc1ncc(C)c(-n2cnc(C(=O)NCc3cccc(Cl)c3CO)c2)n1. The molecule has 3 aromatic rings. The van der Waals surface area contributed by atoms with Crippen LogP contribution < -0.4 is 10.6 Å². The summed E-state index contributed by atoms with van der Waals surface area (Å²) in [6.45, 7) is 3.72. The molecule has 10 heteroatoms. The summed E-state index contributed by atoms with van der Waals surface area (Å²) in [4.78, 5) is 25.4. The van der Waals surface area contributed by atoms with E-state index in [-0.39, 0.29) is 24.8 Å². The number of carbonyl (C=O) groups excluding carboxylic acids is 1. The predicted octanol–water partition coefficient (Wildman–Crippen LogP) is 3.27. The molecule has 0 radical (unpaired) electrons. The number of nitrogens with one attached hydrogen (secondary N) is 2. The van der Waals surface area contributed by atoms with Gasteiger partial charge < -0.3 is 20.8 Å². The summed E-state index contributed by atoms with van der Waals surface area (Å²) < 4.78 is 1.63. The third-order valence-corrected chi connectivity index (χ3v) is 4.98. The van der Waals surface area contributed by atoms with Crippen molar-refractivity contribution in [2.75, 3.05) is 5.32 Å². The molecular weight excluding hydrogens is 420 g/mol. The van der Waals surface area contributed by atoms with E-state index >= 15 is 0 Å². The van der Waals surface area contributed by atoms with Gasteiger partial charge in [-0.15, -0.1) is 0 Å². The molecule has 0 fully saturated rings. The zero-order valence-electron chi connectivity index (χ0n) is 17.1. The standard InChI is InChI=1S/C21H23ClN6O3/c1-3-15(10-29)26-21-24-7-13(2)19(27-21)28-9-18(25-12-28)20(31)23-8-14-5-4-6-17(22)16(14)11-30/h4-7,9-10,12,29-30H,3,8,11H2,1-2H3,(H,23,31)(H,24,26,27)/b15-10+. The highest BCUT2D eigenvalue weighted by atomic mass is 35.5. The molecular formula is C21H23ClN6O3. The van der Waals surface area contributed by atoms with Gasteiger partial charge >= 0.3 is 0 Å². The van der Waals surface area contributed by atoms with Crippen LogP contribution in [0.2, 0.25) is 5.02 Å². The van der Waals surface area contributed by atoms with Gasteiger partial charge in [-0.2, -0.15) is 4.98 Å². The number of hydrogen-bond donors (Lipinski definition) is 4. The summed E-state index contributed by atoms with van der Waals surface area (Å²) in [5.74, 6) is 0.499. The molecule has 2 aromatic heterocycles. The smallest absolute Gasteiger partial charge is 0.271 e. The Morgan fingerprint density at radius 3 is 2.84 bits per heavy atom. The number of hydrogen-bond acceptors (Lipinski definition) is 7. The van der Waals surface area contributed by atoms with Crippen molar-refractivity contribution in [1.29, 1.82) is 0 Å². The minimum absolute atomic E-state index is 0.204. The van der Waals surface area contributed by atoms with Gasteiger partial charge in [0.1, 0.15) is 17.8 Å². The topological polar surface area (TPSA) is 125 Å². The highest BCUT2D eigenvalue weighted by molar-refractivity contribution is 6.31. The third kappa shape index (κ3) is 5.19. The second kappa shape index (κ2) is 10.1. The number of imidazole rings is 1. The van der Waals surface area contributed by atoms with E-state index in [1.807, 2.05) is 13.8 Å². The molecule has 4 N–H and O–H groups in total. The minimum Gasteiger partial charge on any atom is -0.514 e. The Morgan fingerprint density at radius 2 is 2.13 bits per heavy atom. The predicted molar refractivity (Wildman–Crippen MR) is 117 cm³/mol. The van der Waals surface area contributed by atoms with Crippen molar-refractivity contribution < 1.29 is 15.0 Å². The largest absolute Gasteiger partial charge is 0.514 e. The van der Waals surface area contributed by atoms with E-state index in [4.69, 9.17) is 11.6 Å². The summed E-state index contributed by atoms with van der Waals surface area (Å²) in [6, 6.07) is 5.24. The normalized spacial score (nSPS) is 11.4. The van der Waals surface area contributed by atoms with E-state index in [9.17, 15) is 15.0 Å². The van der Waals surface area contributed by atoms with Crippen LogP contribution in [-0.2, 0) is 13.2 Å². The zero-order valence-corrected chi connectivity index (χ0v) is 17.9. The number of benzene rings is 1. The average Bonchev–Trinajstić information content (AvgIpc) is 3.27. The molecule has 162 valence electrons. The molecule has 2 heterocycles. The maximum atomic E-state index is 12.6. The summed E-state index contributed by atoms with van der Waals surface area (Å²) in [6.07, 6.45) is 6.27. The molecule has 1 amide bonds. The van der Waals surface area contributed by atoms with Crippen molar-refractivity contribution in [3.8, 4) is 5.82 Å². The van der Waals surface area contributed by atoms with Crippen molar-refractivity contribution in [3.05, 3.63) is 76.3 Å². The molecule has 0 saturated heterocycles. The van der Waals surface area contributed by atoms with Crippen LogP contribution >= 0.6 is 11.6 Å². The first-order chi connectivity index (χ1) is 15.0. The van der Waals surface area contributed by atoms with Crippen molar-refractivity contribution in [2.24, 2.45) is 0 Å². The fourth-order valence-corrected chi connectivity index (χ4v) is 3.13. The number of carbonyl (C=O) groups is 1. The van der Waals surface area contributed by atoms with Crippen LogP contribution in [0.1, 0.15) is 40.5 Å². The van der Waals surface area contributed by atoms with Gasteiger partial charge in [-0.05, 0) is 25.0 Å². The molecule has 0 saturated carbocycles. The Morgan fingerprint density at radius 1 is 1.32 bits per heavy atom. The molecule has 0 unspecified atom stereocenters. The molecule has 0 spiro atoms. The minimum atomic E-state index is -0.371. The first-order valence-electron chi connectivity index (χ1n) is 9.60. The number of amides is 1. The van der Waals surface area contributed by atoms with Gasteiger partial charge in [0.15, 0.2) is 0 Å².